The zero-order valence-corrected chi connectivity index (χ0v) is 25.7. The fourth-order valence-corrected chi connectivity index (χ4v) is 6.01. The molecule has 0 aliphatic carbocycles. The van der Waals surface area contributed by atoms with Crippen LogP contribution in [0.2, 0.25) is 5.02 Å². The number of halogens is 4. The number of nitrogens with two attached hydrogens (primary N) is 1. The van der Waals surface area contributed by atoms with Gasteiger partial charge in [0.2, 0.25) is 0 Å². The van der Waals surface area contributed by atoms with Gasteiger partial charge >= 0.3 is 19.7 Å². The topological polar surface area (TPSA) is 156 Å². The van der Waals surface area contributed by atoms with Crippen molar-refractivity contribution in [1.29, 1.82) is 0 Å². The first-order valence-electron chi connectivity index (χ1n) is 13.3. The largest absolute Gasteiger partial charge is 0.462 e. The minimum absolute atomic E-state index is 0.0127. The SMILES string of the molecule is CC(C)OC(=O)[C@H](C)NP(=O)(CO[C@H](C)Cn1cnc2c(N)ncnc21)Oc1ccc(-c2nc(C(F)(F)F)ccc2Cl)cc1. The first-order valence-corrected chi connectivity index (χ1v) is 15.5. The van der Waals surface area contributed by atoms with E-state index in [2.05, 4.69) is 25.0 Å². The summed E-state index contributed by atoms with van der Waals surface area (Å²) in [6.07, 6.45) is -3.21. The van der Waals surface area contributed by atoms with E-state index in [9.17, 15) is 22.5 Å². The number of aromatic nitrogens is 5. The van der Waals surface area contributed by atoms with E-state index < -0.39 is 50.0 Å². The maximum atomic E-state index is 14.0. The Labute approximate surface area is 255 Å². The lowest BCUT2D eigenvalue weighted by molar-refractivity contribution is -0.149. The number of rotatable bonds is 12. The Hall–Kier alpha value is -3.78. The van der Waals surface area contributed by atoms with E-state index >= 15 is 0 Å². The summed E-state index contributed by atoms with van der Waals surface area (Å²) in [6, 6.07) is 6.49. The number of alkyl halides is 3. The van der Waals surface area contributed by atoms with Crippen LogP contribution in [0, 0.1) is 0 Å². The summed E-state index contributed by atoms with van der Waals surface area (Å²) in [7, 11) is -3.96. The fourth-order valence-electron chi connectivity index (χ4n) is 4.01. The summed E-state index contributed by atoms with van der Waals surface area (Å²) < 4.78 is 72.2. The van der Waals surface area contributed by atoms with E-state index in [1.807, 2.05) is 0 Å². The third kappa shape index (κ3) is 8.23. The van der Waals surface area contributed by atoms with Gasteiger partial charge in [0.1, 0.15) is 35.7 Å². The molecular formula is C27H30ClF3N7O5P. The third-order valence-corrected chi connectivity index (χ3v) is 8.11. The average Bonchev–Trinajstić information content (AvgIpc) is 3.35. The maximum Gasteiger partial charge on any atom is 0.433 e. The molecule has 3 aromatic heterocycles. The van der Waals surface area contributed by atoms with Crippen LogP contribution in [0.15, 0.2) is 49.1 Å². The first-order chi connectivity index (χ1) is 20.6. The van der Waals surface area contributed by atoms with Crippen molar-refractivity contribution < 1.29 is 36.5 Å². The van der Waals surface area contributed by atoms with Crippen molar-refractivity contribution in [2.24, 2.45) is 0 Å². The van der Waals surface area contributed by atoms with E-state index in [0.717, 1.165) is 12.1 Å². The minimum Gasteiger partial charge on any atom is -0.462 e. The standard InChI is InChI=1S/C27H30ClF3N7O5P/c1-15(2)42-26(39)17(4)37-44(40,14-41-16(3)11-38-13-35-23-24(32)33-12-34-25(23)38)43-19-7-5-18(6-8-19)22-20(28)9-10-21(36-22)27(29,30)31/h5-10,12-13,15-17H,11,14H2,1-4H3,(H,37,40)(H2,32,33,34)/t16-,17+,44?/m1/s1. The van der Waals surface area contributed by atoms with Crippen LogP contribution < -0.4 is 15.3 Å². The second-order valence-corrected chi connectivity index (χ2v) is 12.5. The molecule has 4 aromatic rings. The molecule has 0 bridgehead atoms. The molecule has 0 amide bonds. The van der Waals surface area contributed by atoms with Crippen LogP contribution in [0.5, 0.6) is 5.75 Å². The number of nitrogens with one attached hydrogen (secondary N) is 1. The summed E-state index contributed by atoms with van der Waals surface area (Å²) in [4.78, 5) is 28.5. The lowest BCUT2D eigenvalue weighted by Crippen LogP contribution is -2.37. The van der Waals surface area contributed by atoms with Crippen LogP contribution in [0.4, 0.5) is 19.0 Å². The molecule has 0 saturated carbocycles. The molecule has 17 heteroatoms. The lowest BCUT2D eigenvalue weighted by atomic mass is 10.1. The number of fused-ring (bicyclic) bond motifs is 1. The molecule has 3 N–H and O–H groups in total. The molecule has 12 nitrogen and oxygen atoms in total. The van der Waals surface area contributed by atoms with Gasteiger partial charge in [-0.3, -0.25) is 9.36 Å². The van der Waals surface area contributed by atoms with E-state index in [1.165, 1.54) is 43.8 Å². The van der Waals surface area contributed by atoms with Gasteiger partial charge in [0.05, 0.1) is 35.8 Å². The molecule has 0 fully saturated rings. The van der Waals surface area contributed by atoms with Crippen molar-refractivity contribution in [3.63, 3.8) is 0 Å². The molecular weight excluding hydrogens is 626 g/mol. The summed E-state index contributed by atoms with van der Waals surface area (Å²) in [5.74, 6) is -0.343. The first kappa shape index (κ1) is 33.1. The Balaban J connectivity index is 1.52. The number of benzene rings is 1. The minimum atomic E-state index is -4.66. The molecule has 3 atom stereocenters. The molecule has 1 unspecified atom stereocenters. The Bertz CT molecular complexity index is 1670. The molecule has 0 spiro atoms. The van der Waals surface area contributed by atoms with Crippen molar-refractivity contribution in [2.45, 2.75) is 58.7 Å². The van der Waals surface area contributed by atoms with Gasteiger partial charge in [-0.15, -0.1) is 0 Å². The number of esters is 1. The quantitative estimate of drug-likeness (QED) is 0.142. The van der Waals surface area contributed by atoms with Gasteiger partial charge in [0.15, 0.2) is 11.5 Å². The van der Waals surface area contributed by atoms with E-state index in [0.29, 0.717) is 11.2 Å². The zero-order valence-electron chi connectivity index (χ0n) is 24.1. The zero-order chi connectivity index (χ0) is 32.2. The predicted molar refractivity (Wildman–Crippen MR) is 157 cm³/mol. The normalized spacial score (nSPS) is 14.8. The number of nitrogen functional groups attached to an aromatic ring is 1. The Kier molecular flexibility index (Phi) is 10.1. The Morgan fingerprint density at radius 1 is 1.09 bits per heavy atom. The van der Waals surface area contributed by atoms with E-state index in [1.54, 1.807) is 25.3 Å². The number of anilines is 1. The van der Waals surface area contributed by atoms with Crippen LogP contribution in [-0.4, -0.2) is 55.1 Å². The van der Waals surface area contributed by atoms with E-state index in [4.69, 9.17) is 31.3 Å². The molecule has 1 aromatic carbocycles. The maximum absolute atomic E-state index is 14.0. The van der Waals surface area contributed by atoms with Crippen molar-refractivity contribution in [3.8, 4) is 17.0 Å². The summed E-state index contributed by atoms with van der Waals surface area (Å²) in [5.41, 5.74) is 5.86. The second kappa shape index (κ2) is 13.5. The number of pyridine rings is 1. The average molecular weight is 656 g/mol. The van der Waals surface area contributed by atoms with Gasteiger partial charge < -0.3 is 24.3 Å². The van der Waals surface area contributed by atoms with Gasteiger partial charge in [-0.25, -0.2) is 25.0 Å². The smallest absolute Gasteiger partial charge is 0.433 e. The van der Waals surface area contributed by atoms with Crippen molar-refractivity contribution in [2.75, 3.05) is 12.1 Å². The van der Waals surface area contributed by atoms with Crippen LogP contribution >= 0.6 is 19.1 Å². The predicted octanol–water partition coefficient (Wildman–Crippen LogP) is 5.71. The molecule has 0 aliphatic heterocycles. The third-order valence-electron chi connectivity index (χ3n) is 6.03. The second-order valence-electron chi connectivity index (χ2n) is 10.1. The van der Waals surface area contributed by atoms with Crippen molar-refractivity contribution >= 4 is 42.1 Å². The highest BCUT2D eigenvalue weighted by Crippen LogP contribution is 2.44. The number of carbonyl (C=O) groups excluding carboxylic acids is 1. The van der Waals surface area contributed by atoms with Crippen molar-refractivity contribution in [3.05, 3.63) is 59.8 Å². The summed E-state index contributed by atoms with van der Waals surface area (Å²) >= 11 is 6.12. The molecule has 4 rings (SSSR count). The number of nitrogens with zero attached hydrogens (tertiary/aromatic N) is 5. The molecule has 0 radical (unpaired) electrons. The van der Waals surface area contributed by atoms with E-state index in [-0.39, 0.29) is 34.4 Å². The highest BCUT2D eigenvalue weighted by molar-refractivity contribution is 7.57. The molecule has 0 aliphatic rings. The fraction of sp³-hybridized carbons (Fsp3) is 0.370. The summed E-state index contributed by atoms with van der Waals surface area (Å²) in [5, 5.41) is 2.71. The number of hydrogen-bond donors (Lipinski definition) is 2. The molecule has 44 heavy (non-hydrogen) atoms. The molecule has 0 saturated heterocycles. The highest BCUT2D eigenvalue weighted by Gasteiger charge is 2.34. The highest BCUT2D eigenvalue weighted by atomic mass is 35.5. The lowest BCUT2D eigenvalue weighted by Gasteiger charge is -2.25. The Morgan fingerprint density at radius 2 is 1.80 bits per heavy atom. The Morgan fingerprint density at radius 3 is 2.45 bits per heavy atom. The number of imidazole rings is 1. The van der Waals surface area contributed by atoms with Crippen molar-refractivity contribution in [1.82, 2.24) is 29.6 Å². The van der Waals surface area contributed by atoms with Crippen LogP contribution in [0.25, 0.3) is 22.4 Å². The van der Waals surface area contributed by atoms with Gasteiger partial charge in [-0.05, 0) is 64.1 Å². The van der Waals surface area contributed by atoms with Crippen LogP contribution in [0.1, 0.15) is 33.4 Å². The molecule has 236 valence electrons. The molecule has 3 heterocycles. The van der Waals surface area contributed by atoms with Crippen LogP contribution in [0.3, 0.4) is 0 Å². The number of carbonyl (C=O) groups is 1. The van der Waals surface area contributed by atoms with Gasteiger partial charge in [-0.2, -0.15) is 13.2 Å². The summed E-state index contributed by atoms with van der Waals surface area (Å²) in [6.45, 7) is 6.82. The van der Waals surface area contributed by atoms with Gasteiger partial charge in [0.25, 0.3) is 0 Å². The van der Waals surface area contributed by atoms with Gasteiger partial charge in [0, 0.05) is 5.56 Å². The number of hydrogen-bond acceptors (Lipinski definition) is 10. The van der Waals surface area contributed by atoms with Crippen LogP contribution in [-0.2, 0) is 31.6 Å². The number of ether oxygens (including phenoxy) is 2. The monoisotopic (exact) mass is 655 g/mol. The van der Waals surface area contributed by atoms with Gasteiger partial charge in [-0.1, -0.05) is 11.6 Å².